The van der Waals surface area contributed by atoms with Crippen LogP contribution in [0.2, 0.25) is 10.2 Å². The zero-order valence-corrected chi connectivity index (χ0v) is 13.1. The number of amides is 3. The molecule has 1 aromatic rings. The van der Waals surface area contributed by atoms with Gasteiger partial charge in [0.1, 0.15) is 10.8 Å². The van der Waals surface area contributed by atoms with Crippen LogP contribution in [-0.4, -0.2) is 59.4 Å². The van der Waals surface area contributed by atoms with Gasteiger partial charge in [-0.15, -0.1) is 0 Å². The number of pyridine rings is 1. The van der Waals surface area contributed by atoms with Crippen molar-refractivity contribution in [2.75, 3.05) is 32.7 Å². The molecule has 3 amide bonds. The molecule has 2 rings (SSSR count). The van der Waals surface area contributed by atoms with Gasteiger partial charge in [-0.2, -0.15) is 0 Å². The molecular formula is C13H16Cl2N4O2. The average Bonchev–Trinajstić information content (AvgIpc) is 2.49. The fraction of sp³-hybridized carbons (Fsp3) is 0.462. The number of halogens is 2. The Hall–Kier alpha value is -1.53. The second-order valence-electron chi connectivity index (χ2n) is 4.58. The summed E-state index contributed by atoms with van der Waals surface area (Å²) < 4.78 is 0. The predicted octanol–water partition coefficient (Wildman–Crippen LogP) is 1.88. The van der Waals surface area contributed by atoms with E-state index in [-0.39, 0.29) is 27.8 Å². The number of urea groups is 1. The highest BCUT2D eigenvalue weighted by atomic mass is 35.5. The molecule has 6 nitrogen and oxygen atoms in total. The summed E-state index contributed by atoms with van der Waals surface area (Å²) >= 11 is 11.8. The molecule has 1 aliphatic heterocycles. The molecule has 21 heavy (non-hydrogen) atoms. The van der Waals surface area contributed by atoms with Crippen molar-refractivity contribution in [2.24, 2.45) is 0 Å². The van der Waals surface area contributed by atoms with Crippen molar-refractivity contribution in [3.63, 3.8) is 0 Å². The Morgan fingerprint density at radius 1 is 1.19 bits per heavy atom. The normalized spacial score (nSPS) is 15.0. The number of rotatable bonds is 2. The standard InChI is InChI=1S/C13H16Cl2N4O2/c1-2-16-13(21)19-7-5-18(6-8-19)12(20)11-9(14)3-4-10(15)17-11/h3-4H,2,5-8H2,1H3,(H,16,21). The van der Waals surface area contributed by atoms with Gasteiger partial charge in [0.25, 0.3) is 5.91 Å². The molecule has 0 bridgehead atoms. The lowest BCUT2D eigenvalue weighted by Gasteiger charge is -2.34. The van der Waals surface area contributed by atoms with Crippen LogP contribution in [0.4, 0.5) is 4.79 Å². The monoisotopic (exact) mass is 330 g/mol. The molecule has 1 aromatic heterocycles. The molecule has 0 aliphatic carbocycles. The van der Waals surface area contributed by atoms with Crippen molar-refractivity contribution in [2.45, 2.75) is 6.92 Å². The summed E-state index contributed by atoms with van der Waals surface area (Å²) in [5.74, 6) is -0.266. The second kappa shape index (κ2) is 6.95. The molecule has 114 valence electrons. The fourth-order valence-electron chi connectivity index (χ4n) is 2.09. The quantitative estimate of drug-likeness (QED) is 0.842. The number of aromatic nitrogens is 1. The van der Waals surface area contributed by atoms with Crippen LogP contribution in [-0.2, 0) is 0 Å². The molecule has 1 aliphatic rings. The molecule has 0 atom stereocenters. The van der Waals surface area contributed by atoms with E-state index in [0.29, 0.717) is 32.7 Å². The SMILES string of the molecule is CCNC(=O)N1CCN(C(=O)c2nc(Cl)ccc2Cl)CC1. The maximum Gasteiger partial charge on any atom is 0.317 e. The van der Waals surface area contributed by atoms with Crippen molar-refractivity contribution in [1.29, 1.82) is 0 Å². The lowest BCUT2D eigenvalue weighted by Crippen LogP contribution is -2.53. The van der Waals surface area contributed by atoms with Crippen LogP contribution in [0.25, 0.3) is 0 Å². The minimum atomic E-state index is -0.266. The fourth-order valence-corrected chi connectivity index (χ4v) is 2.43. The minimum Gasteiger partial charge on any atom is -0.338 e. The molecule has 0 aromatic carbocycles. The first-order valence-corrected chi connectivity index (χ1v) is 7.42. The Balaban J connectivity index is 2.00. The van der Waals surface area contributed by atoms with E-state index in [2.05, 4.69) is 10.3 Å². The number of nitrogens with zero attached hydrogens (tertiary/aromatic N) is 3. The molecule has 2 heterocycles. The van der Waals surface area contributed by atoms with Crippen molar-refractivity contribution < 1.29 is 9.59 Å². The summed E-state index contributed by atoms with van der Waals surface area (Å²) in [6.45, 7) is 4.30. The van der Waals surface area contributed by atoms with Crippen molar-refractivity contribution in [1.82, 2.24) is 20.1 Å². The van der Waals surface area contributed by atoms with Gasteiger partial charge < -0.3 is 15.1 Å². The molecule has 1 N–H and O–H groups in total. The van der Waals surface area contributed by atoms with Gasteiger partial charge in [0, 0.05) is 32.7 Å². The lowest BCUT2D eigenvalue weighted by atomic mass is 10.2. The molecule has 8 heteroatoms. The van der Waals surface area contributed by atoms with Gasteiger partial charge in [-0.25, -0.2) is 9.78 Å². The molecule has 0 unspecified atom stereocenters. The van der Waals surface area contributed by atoms with E-state index in [4.69, 9.17) is 23.2 Å². The zero-order chi connectivity index (χ0) is 15.4. The zero-order valence-electron chi connectivity index (χ0n) is 11.6. The van der Waals surface area contributed by atoms with E-state index in [1.54, 1.807) is 15.9 Å². The summed E-state index contributed by atoms with van der Waals surface area (Å²) in [6.07, 6.45) is 0. The highest BCUT2D eigenvalue weighted by Gasteiger charge is 2.26. The molecule has 1 saturated heterocycles. The van der Waals surface area contributed by atoms with E-state index in [9.17, 15) is 9.59 Å². The maximum atomic E-state index is 12.4. The van der Waals surface area contributed by atoms with Gasteiger partial charge in [-0.05, 0) is 19.1 Å². The number of nitrogens with one attached hydrogen (secondary N) is 1. The number of hydrogen-bond donors (Lipinski definition) is 1. The lowest BCUT2D eigenvalue weighted by molar-refractivity contribution is 0.0660. The van der Waals surface area contributed by atoms with Gasteiger partial charge in [-0.1, -0.05) is 23.2 Å². The smallest absolute Gasteiger partial charge is 0.317 e. The van der Waals surface area contributed by atoms with Gasteiger partial charge in [0.2, 0.25) is 0 Å². The van der Waals surface area contributed by atoms with Crippen LogP contribution < -0.4 is 5.32 Å². The van der Waals surface area contributed by atoms with Gasteiger partial charge >= 0.3 is 6.03 Å². The Kier molecular flexibility index (Phi) is 5.25. The largest absolute Gasteiger partial charge is 0.338 e. The second-order valence-corrected chi connectivity index (χ2v) is 5.37. The first-order chi connectivity index (χ1) is 10.0. The third-order valence-electron chi connectivity index (χ3n) is 3.20. The van der Waals surface area contributed by atoms with Gasteiger partial charge in [0.05, 0.1) is 5.02 Å². The topological polar surface area (TPSA) is 65.5 Å². The summed E-state index contributed by atoms with van der Waals surface area (Å²) in [4.78, 5) is 31.4. The Morgan fingerprint density at radius 2 is 1.81 bits per heavy atom. The maximum absolute atomic E-state index is 12.4. The molecule has 1 fully saturated rings. The van der Waals surface area contributed by atoms with Crippen molar-refractivity contribution in [3.05, 3.63) is 28.0 Å². The third kappa shape index (κ3) is 3.77. The summed E-state index contributed by atoms with van der Waals surface area (Å²) in [5.41, 5.74) is 0.149. The number of piperazine rings is 1. The minimum absolute atomic E-state index is 0.108. The Labute approximate surface area is 133 Å². The van der Waals surface area contributed by atoms with Gasteiger partial charge in [-0.3, -0.25) is 4.79 Å². The highest BCUT2D eigenvalue weighted by molar-refractivity contribution is 6.34. The first-order valence-electron chi connectivity index (χ1n) is 6.67. The van der Waals surface area contributed by atoms with Crippen LogP contribution in [0.1, 0.15) is 17.4 Å². The number of carbonyl (C=O) groups excluding carboxylic acids is 2. The molecule has 0 saturated carbocycles. The summed E-state index contributed by atoms with van der Waals surface area (Å²) in [5, 5.41) is 3.24. The average molecular weight is 331 g/mol. The highest BCUT2D eigenvalue weighted by Crippen LogP contribution is 2.19. The Bertz CT molecular complexity index is 545. The molecule has 0 radical (unpaired) electrons. The van der Waals surface area contributed by atoms with E-state index in [1.165, 1.54) is 6.07 Å². The van der Waals surface area contributed by atoms with Crippen LogP contribution >= 0.6 is 23.2 Å². The van der Waals surface area contributed by atoms with Crippen LogP contribution in [0.15, 0.2) is 12.1 Å². The first kappa shape index (κ1) is 15.9. The van der Waals surface area contributed by atoms with Crippen molar-refractivity contribution in [3.8, 4) is 0 Å². The summed E-state index contributed by atoms with van der Waals surface area (Å²) in [7, 11) is 0. The van der Waals surface area contributed by atoms with Crippen LogP contribution in [0.3, 0.4) is 0 Å². The molecular weight excluding hydrogens is 315 g/mol. The van der Waals surface area contributed by atoms with E-state index in [0.717, 1.165) is 0 Å². The third-order valence-corrected chi connectivity index (χ3v) is 3.71. The number of carbonyl (C=O) groups is 2. The molecule has 0 spiro atoms. The summed E-state index contributed by atoms with van der Waals surface area (Å²) in [6, 6.07) is 2.98. The van der Waals surface area contributed by atoms with E-state index >= 15 is 0 Å². The van der Waals surface area contributed by atoms with E-state index < -0.39 is 0 Å². The van der Waals surface area contributed by atoms with E-state index in [1.807, 2.05) is 6.92 Å². The predicted molar refractivity (Wildman–Crippen MR) is 80.8 cm³/mol. The van der Waals surface area contributed by atoms with Gasteiger partial charge in [0.15, 0.2) is 0 Å². The van der Waals surface area contributed by atoms with Crippen LogP contribution in [0.5, 0.6) is 0 Å². The van der Waals surface area contributed by atoms with Crippen molar-refractivity contribution >= 4 is 35.1 Å². The number of hydrogen-bond acceptors (Lipinski definition) is 3. The van der Waals surface area contributed by atoms with Crippen LogP contribution in [0, 0.1) is 0 Å². The Morgan fingerprint density at radius 3 is 2.43 bits per heavy atom.